The Hall–Kier alpha value is -1.02. The van der Waals surface area contributed by atoms with Gasteiger partial charge < -0.3 is 10.6 Å². The van der Waals surface area contributed by atoms with Crippen LogP contribution in [0, 0.1) is 12.3 Å². The Balaban J connectivity index is 2.43. The molecule has 112 valence electrons. The van der Waals surface area contributed by atoms with Gasteiger partial charge in [-0.2, -0.15) is 0 Å². The molecule has 0 saturated heterocycles. The van der Waals surface area contributed by atoms with E-state index in [9.17, 15) is 0 Å². The second-order valence-electron chi connectivity index (χ2n) is 6.91. The van der Waals surface area contributed by atoms with Crippen LogP contribution in [-0.4, -0.2) is 18.6 Å². The summed E-state index contributed by atoms with van der Waals surface area (Å²) in [5, 5.41) is 0. The molecule has 0 spiro atoms. The van der Waals surface area contributed by atoms with Crippen molar-refractivity contribution in [3.63, 3.8) is 0 Å². The third-order valence-electron chi connectivity index (χ3n) is 5.42. The van der Waals surface area contributed by atoms with Crippen LogP contribution in [0.5, 0.6) is 0 Å². The zero-order valence-electron chi connectivity index (χ0n) is 13.6. The molecule has 2 heteroatoms. The van der Waals surface area contributed by atoms with Crippen LogP contribution in [0.15, 0.2) is 24.3 Å². The first-order valence-electron chi connectivity index (χ1n) is 8.01. The maximum absolute atomic E-state index is 6.32. The second-order valence-corrected chi connectivity index (χ2v) is 6.91. The highest BCUT2D eigenvalue weighted by Gasteiger charge is 2.49. The molecule has 0 bridgehead atoms. The topological polar surface area (TPSA) is 29.3 Å². The molecule has 1 aliphatic rings. The molecule has 1 aromatic rings. The summed E-state index contributed by atoms with van der Waals surface area (Å²) in [4.78, 5) is 2.56. The lowest BCUT2D eigenvalue weighted by atomic mass is 9.62. The maximum atomic E-state index is 6.32. The molecule has 0 aliphatic heterocycles. The lowest BCUT2D eigenvalue weighted by Crippen LogP contribution is -2.64. The highest BCUT2D eigenvalue weighted by molar-refractivity contribution is 5.51. The predicted octanol–water partition coefficient (Wildman–Crippen LogP) is 4.12. The number of nitrogens with two attached hydrogens (primary N) is 1. The van der Waals surface area contributed by atoms with E-state index in [2.05, 4.69) is 56.9 Å². The number of anilines is 1. The largest absolute Gasteiger partial charge is 0.364 e. The minimum atomic E-state index is 0.0925. The average molecular weight is 274 g/mol. The van der Waals surface area contributed by atoms with Crippen molar-refractivity contribution in [1.29, 1.82) is 0 Å². The Kier molecular flexibility index (Phi) is 4.43. The summed E-state index contributed by atoms with van der Waals surface area (Å²) >= 11 is 0. The summed E-state index contributed by atoms with van der Waals surface area (Å²) in [5.41, 5.74) is 9.31. The zero-order chi connectivity index (χ0) is 14.8. The molecule has 1 fully saturated rings. The van der Waals surface area contributed by atoms with Gasteiger partial charge in [0.2, 0.25) is 0 Å². The van der Waals surface area contributed by atoms with Crippen LogP contribution in [0.2, 0.25) is 0 Å². The molecule has 1 unspecified atom stereocenters. The Morgan fingerprint density at radius 2 is 1.70 bits per heavy atom. The highest BCUT2D eigenvalue weighted by Crippen LogP contribution is 2.48. The van der Waals surface area contributed by atoms with Crippen molar-refractivity contribution < 1.29 is 0 Å². The third-order valence-corrected chi connectivity index (χ3v) is 5.42. The minimum Gasteiger partial charge on any atom is -0.364 e. The smallest absolute Gasteiger partial charge is 0.0574 e. The molecule has 1 aliphatic carbocycles. The van der Waals surface area contributed by atoms with Gasteiger partial charge in [0, 0.05) is 18.8 Å². The van der Waals surface area contributed by atoms with Crippen molar-refractivity contribution in [2.75, 3.05) is 18.0 Å². The molecule has 20 heavy (non-hydrogen) atoms. The summed E-state index contributed by atoms with van der Waals surface area (Å²) in [7, 11) is 0. The van der Waals surface area contributed by atoms with Crippen molar-refractivity contribution in [2.24, 2.45) is 11.1 Å². The molecule has 1 atom stereocenters. The highest BCUT2D eigenvalue weighted by atomic mass is 15.2. The van der Waals surface area contributed by atoms with Gasteiger partial charge in [0.15, 0.2) is 0 Å². The molecule has 2 nitrogen and oxygen atoms in total. The summed E-state index contributed by atoms with van der Waals surface area (Å²) < 4.78 is 0. The number of benzene rings is 1. The fourth-order valence-corrected chi connectivity index (χ4v) is 4.00. The monoisotopic (exact) mass is 274 g/mol. The van der Waals surface area contributed by atoms with E-state index in [4.69, 9.17) is 5.73 Å². The zero-order valence-corrected chi connectivity index (χ0v) is 13.6. The molecular formula is C18H30N2. The standard InChI is InChI=1S/C18H30N2/c1-5-20(16-10-8-15(2)9-11-16)18(14-19)13-7-6-12-17(18,3)4/h8-11H,5-7,12-14,19H2,1-4H3. The SMILES string of the molecule is CCN(c1ccc(C)cc1)C1(CN)CCCCC1(C)C. The molecule has 0 aromatic heterocycles. The lowest BCUT2D eigenvalue weighted by Gasteiger charge is -2.56. The number of likely N-dealkylation sites (N-methyl/N-ethyl adjacent to an activating group) is 1. The van der Waals surface area contributed by atoms with E-state index in [1.54, 1.807) is 0 Å². The van der Waals surface area contributed by atoms with Crippen molar-refractivity contribution in [1.82, 2.24) is 0 Å². The second kappa shape index (κ2) is 5.77. The van der Waals surface area contributed by atoms with Gasteiger partial charge in [0.05, 0.1) is 5.54 Å². The third kappa shape index (κ3) is 2.46. The normalized spacial score (nSPS) is 25.4. The lowest BCUT2D eigenvalue weighted by molar-refractivity contribution is 0.0970. The van der Waals surface area contributed by atoms with E-state index in [0.29, 0.717) is 0 Å². The molecule has 0 radical (unpaired) electrons. The average Bonchev–Trinajstić information content (AvgIpc) is 2.43. The Morgan fingerprint density at radius 1 is 1.10 bits per heavy atom. The van der Waals surface area contributed by atoms with Crippen LogP contribution in [0.25, 0.3) is 0 Å². The first-order valence-corrected chi connectivity index (χ1v) is 8.01. The van der Waals surface area contributed by atoms with E-state index in [-0.39, 0.29) is 11.0 Å². The van der Waals surface area contributed by atoms with Crippen molar-refractivity contribution in [2.45, 2.75) is 58.9 Å². The van der Waals surface area contributed by atoms with Crippen molar-refractivity contribution in [3.8, 4) is 0 Å². The van der Waals surface area contributed by atoms with E-state index >= 15 is 0 Å². The van der Waals surface area contributed by atoms with Gasteiger partial charge in [0.25, 0.3) is 0 Å². The fraction of sp³-hybridized carbons (Fsp3) is 0.667. The minimum absolute atomic E-state index is 0.0925. The van der Waals surface area contributed by atoms with Crippen LogP contribution < -0.4 is 10.6 Å². The van der Waals surface area contributed by atoms with E-state index in [1.807, 2.05) is 0 Å². The predicted molar refractivity (Wildman–Crippen MR) is 88.2 cm³/mol. The fourth-order valence-electron chi connectivity index (χ4n) is 4.00. The molecule has 0 amide bonds. The van der Waals surface area contributed by atoms with E-state index in [0.717, 1.165) is 13.1 Å². The van der Waals surface area contributed by atoms with Gasteiger partial charge in [-0.15, -0.1) is 0 Å². The van der Waals surface area contributed by atoms with Crippen LogP contribution in [-0.2, 0) is 0 Å². The van der Waals surface area contributed by atoms with E-state index < -0.39 is 0 Å². The summed E-state index contributed by atoms with van der Waals surface area (Å²) in [6.45, 7) is 10.9. The molecule has 2 N–H and O–H groups in total. The number of nitrogens with zero attached hydrogens (tertiary/aromatic N) is 1. The van der Waals surface area contributed by atoms with Crippen LogP contribution in [0.3, 0.4) is 0 Å². The Morgan fingerprint density at radius 3 is 2.20 bits per heavy atom. The first-order chi connectivity index (χ1) is 9.47. The summed E-state index contributed by atoms with van der Waals surface area (Å²) in [6, 6.07) is 8.91. The first kappa shape index (κ1) is 15.4. The Labute approximate surface area is 124 Å². The number of rotatable bonds is 4. The number of aryl methyl sites for hydroxylation is 1. The van der Waals surface area contributed by atoms with Crippen LogP contribution >= 0.6 is 0 Å². The van der Waals surface area contributed by atoms with E-state index in [1.165, 1.54) is 36.9 Å². The summed E-state index contributed by atoms with van der Waals surface area (Å²) in [6.07, 6.45) is 5.11. The maximum Gasteiger partial charge on any atom is 0.0574 e. The van der Waals surface area contributed by atoms with Crippen LogP contribution in [0.4, 0.5) is 5.69 Å². The molecule has 2 rings (SSSR count). The van der Waals surface area contributed by atoms with Crippen molar-refractivity contribution in [3.05, 3.63) is 29.8 Å². The van der Waals surface area contributed by atoms with Crippen LogP contribution in [0.1, 0.15) is 52.0 Å². The Bertz CT molecular complexity index is 435. The van der Waals surface area contributed by atoms with Crippen molar-refractivity contribution >= 4 is 5.69 Å². The number of hydrogen-bond donors (Lipinski definition) is 1. The number of hydrogen-bond acceptors (Lipinski definition) is 2. The quantitative estimate of drug-likeness (QED) is 0.895. The molecular weight excluding hydrogens is 244 g/mol. The van der Waals surface area contributed by atoms with Gasteiger partial charge in [0.1, 0.15) is 0 Å². The van der Waals surface area contributed by atoms with Gasteiger partial charge in [-0.3, -0.25) is 0 Å². The molecule has 1 saturated carbocycles. The van der Waals surface area contributed by atoms with Gasteiger partial charge in [-0.25, -0.2) is 0 Å². The molecule has 0 heterocycles. The van der Waals surface area contributed by atoms with Gasteiger partial charge in [-0.05, 0) is 44.2 Å². The molecule has 1 aromatic carbocycles. The summed E-state index contributed by atoms with van der Waals surface area (Å²) in [5.74, 6) is 0. The van der Waals surface area contributed by atoms with Gasteiger partial charge in [-0.1, -0.05) is 44.4 Å². The van der Waals surface area contributed by atoms with Gasteiger partial charge >= 0.3 is 0 Å².